The molecule has 10 rings (SSSR count). The molecule has 0 spiro atoms. The van der Waals surface area contributed by atoms with Crippen molar-refractivity contribution in [2.24, 2.45) is 0 Å². The van der Waals surface area contributed by atoms with Gasteiger partial charge in [0.15, 0.2) is 0 Å². The Kier molecular flexibility index (Phi) is 6.42. The van der Waals surface area contributed by atoms with E-state index in [1.165, 1.54) is 87.9 Å². The van der Waals surface area contributed by atoms with Gasteiger partial charge in [0.2, 0.25) is 0 Å². The maximum atomic E-state index is 2.49. The van der Waals surface area contributed by atoms with E-state index in [4.69, 9.17) is 0 Å². The summed E-state index contributed by atoms with van der Waals surface area (Å²) in [6, 6.07) is 56.4. The van der Waals surface area contributed by atoms with Gasteiger partial charge in [0.05, 0.1) is 5.69 Å². The molecule has 0 aromatic heterocycles. The second kappa shape index (κ2) is 11.1. The Morgan fingerprint density at radius 1 is 0.480 bits per heavy atom. The van der Waals surface area contributed by atoms with Gasteiger partial charge >= 0.3 is 0 Å². The number of hydrogen-bond donors (Lipinski definition) is 0. The van der Waals surface area contributed by atoms with Crippen LogP contribution in [0.15, 0.2) is 169 Å². The lowest BCUT2D eigenvalue weighted by Gasteiger charge is -2.30. The summed E-state index contributed by atoms with van der Waals surface area (Å²) in [4.78, 5) is 2.49. The number of para-hydroxylation sites is 1. The molecule has 238 valence electrons. The highest BCUT2D eigenvalue weighted by atomic mass is 15.1. The maximum Gasteiger partial charge on any atom is 0.0540 e. The van der Waals surface area contributed by atoms with Crippen molar-refractivity contribution in [3.63, 3.8) is 0 Å². The highest BCUT2D eigenvalue weighted by molar-refractivity contribution is 6.17. The zero-order chi connectivity index (χ0) is 33.4. The Morgan fingerprint density at radius 3 is 1.96 bits per heavy atom. The van der Waals surface area contributed by atoms with Gasteiger partial charge < -0.3 is 4.90 Å². The average molecular weight is 640 g/mol. The molecule has 8 aromatic carbocycles. The van der Waals surface area contributed by atoms with Gasteiger partial charge in [0.25, 0.3) is 0 Å². The van der Waals surface area contributed by atoms with Gasteiger partial charge in [-0.15, -0.1) is 0 Å². The highest BCUT2D eigenvalue weighted by Gasteiger charge is 2.37. The number of anilines is 3. The van der Waals surface area contributed by atoms with Crippen LogP contribution in [-0.4, -0.2) is 0 Å². The summed E-state index contributed by atoms with van der Waals surface area (Å²) in [6.07, 6.45) is 6.92. The van der Waals surface area contributed by atoms with Crippen LogP contribution < -0.4 is 4.90 Å². The first-order valence-electron chi connectivity index (χ1n) is 17.8. The first-order chi connectivity index (χ1) is 24.6. The minimum absolute atomic E-state index is 0.0000141. The van der Waals surface area contributed by atoms with Crippen LogP contribution in [0.1, 0.15) is 37.8 Å². The van der Waals surface area contributed by atoms with Crippen LogP contribution in [0.5, 0.6) is 0 Å². The molecule has 0 bridgehead atoms. The zero-order valence-electron chi connectivity index (χ0n) is 28.4. The van der Waals surface area contributed by atoms with Crippen molar-refractivity contribution in [3.05, 3.63) is 181 Å². The fourth-order valence-corrected chi connectivity index (χ4v) is 8.88. The maximum absolute atomic E-state index is 2.49. The summed E-state index contributed by atoms with van der Waals surface area (Å²) in [7, 11) is 0. The van der Waals surface area contributed by atoms with E-state index in [-0.39, 0.29) is 5.41 Å². The Hall–Kier alpha value is -5.92. The standard InChI is InChI=1S/C49H37N/c1-49(2)46-20-9-7-17-43(46)45-31-36(25-29-47(45)49)50(48-21-10-8-18-44(48)40-19-11-14-32-12-3-5-15-37(32)40)35-24-28-39-34(30-35)23-27-41-38-16-6-4-13-33(38)22-26-42(39)41/h3-6,8-16,18-31H,7,17H2,1-2H3. The Labute approximate surface area is 293 Å². The van der Waals surface area contributed by atoms with Crippen molar-refractivity contribution in [1.82, 2.24) is 0 Å². The van der Waals surface area contributed by atoms with Crippen LogP contribution in [0.3, 0.4) is 0 Å². The van der Waals surface area contributed by atoms with E-state index in [9.17, 15) is 0 Å². The van der Waals surface area contributed by atoms with E-state index in [0.717, 1.165) is 18.5 Å². The van der Waals surface area contributed by atoms with Crippen LogP contribution >= 0.6 is 0 Å². The van der Waals surface area contributed by atoms with Gasteiger partial charge in [-0.1, -0.05) is 147 Å². The smallest absolute Gasteiger partial charge is 0.0540 e. The molecule has 0 N–H and O–H groups in total. The molecule has 0 aliphatic heterocycles. The second-order valence-corrected chi connectivity index (χ2v) is 14.4. The molecule has 50 heavy (non-hydrogen) atoms. The molecule has 2 aliphatic carbocycles. The Balaban J connectivity index is 1.22. The molecule has 0 saturated carbocycles. The van der Waals surface area contributed by atoms with Gasteiger partial charge in [-0.3, -0.25) is 0 Å². The third-order valence-electron chi connectivity index (χ3n) is 11.3. The zero-order valence-corrected chi connectivity index (χ0v) is 28.4. The number of hydrogen-bond acceptors (Lipinski definition) is 1. The number of nitrogens with zero attached hydrogens (tertiary/aromatic N) is 1. The predicted molar refractivity (Wildman–Crippen MR) is 215 cm³/mol. The summed E-state index contributed by atoms with van der Waals surface area (Å²) in [5.74, 6) is 0. The van der Waals surface area contributed by atoms with Crippen LogP contribution in [-0.2, 0) is 5.41 Å². The minimum Gasteiger partial charge on any atom is -0.310 e. The Bertz CT molecular complexity index is 2740. The van der Waals surface area contributed by atoms with E-state index in [0.29, 0.717) is 0 Å². The lowest BCUT2D eigenvalue weighted by atomic mass is 9.80. The summed E-state index contributed by atoms with van der Waals surface area (Å²) in [6.45, 7) is 4.77. The second-order valence-electron chi connectivity index (χ2n) is 14.4. The van der Waals surface area contributed by atoms with Gasteiger partial charge in [0, 0.05) is 22.4 Å². The third kappa shape index (κ3) is 4.33. The van der Waals surface area contributed by atoms with Crippen molar-refractivity contribution in [2.45, 2.75) is 32.1 Å². The van der Waals surface area contributed by atoms with Crippen LogP contribution in [0, 0.1) is 0 Å². The third-order valence-corrected chi connectivity index (χ3v) is 11.3. The topological polar surface area (TPSA) is 3.24 Å². The van der Waals surface area contributed by atoms with Gasteiger partial charge in [0.1, 0.15) is 0 Å². The first-order valence-corrected chi connectivity index (χ1v) is 17.8. The van der Waals surface area contributed by atoms with Gasteiger partial charge in [-0.05, 0) is 114 Å². The van der Waals surface area contributed by atoms with E-state index >= 15 is 0 Å². The molecule has 0 unspecified atom stereocenters. The molecule has 8 aromatic rings. The Morgan fingerprint density at radius 2 is 1.10 bits per heavy atom. The van der Waals surface area contributed by atoms with E-state index in [1.807, 2.05) is 0 Å². The molecule has 1 heteroatoms. The normalized spacial score (nSPS) is 14.8. The van der Waals surface area contributed by atoms with Crippen molar-refractivity contribution in [2.75, 3.05) is 4.90 Å². The van der Waals surface area contributed by atoms with Gasteiger partial charge in [-0.2, -0.15) is 0 Å². The molecular formula is C49H37N. The SMILES string of the molecule is CC1(C)C2=C(CCC=C2)c2cc(N(c3ccc4c(ccc5c6ccccc6ccc45)c3)c3ccccc3-c3cccc4ccccc34)ccc21. The van der Waals surface area contributed by atoms with Crippen LogP contribution in [0.4, 0.5) is 17.1 Å². The molecule has 0 amide bonds. The summed E-state index contributed by atoms with van der Waals surface area (Å²) in [5.41, 5.74) is 11.8. The number of allylic oxidation sites excluding steroid dienone is 4. The molecular weight excluding hydrogens is 603 g/mol. The lowest BCUT2D eigenvalue weighted by Crippen LogP contribution is -2.17. The van der Waals surface area contributed by atoms with Crippen LogP contribution in [0.25, 0.3) is 59.8 Å². The number of rotatable bonds is 4. The predicted octanol–water partition coefficient (Wildman–Crippen LogP) is 13.8. The van der Waals surface area contributed by atoms with E-state index in [1.54, 1.807) is 0 Å². The molecule has 0 heterocycles. The molecule has 2 aliphatic rings. The first kappa shape index (κ1) is 29.0. The molecule has 1 nitrogen and oxygen atoms in total. The van der Waals surface area contributed by atoms with Crippen molar-refractivity contribution >= 4 is 65.7 Å². The number of benzene rings is 8. The largest absolute Gasteiger partial charge is 0.310 e. The van der Waals surface area contributed by atoms with Crippen LogP contribution in [0.2, 0.25) is 0 Å². The summed E-state index contributed by atoms with van der Waals surface area (Å²) >= 11 is 0. The summed E-state index contributed by atoms with van der Waals surface area (Å²) in [5, 5.41) is 10.2. The lowest BCUT2D eigenvalue weighted by molar-refractivity contribution is 0.651. The minimum atomic E-state index is -0.0000141. The molecule has 0 fully saturated rings. The quantitative estimate of drug-likeness (QED) is 0.173. The number of fused-ring (bicyclic) bond motifs is 8. The monoisotopic (exact) mass is 639 g/mol. The molecule has 0 radical (unpaired) electrons. The molecule has 0 atom stereocenters. The van der Waals surface area contributed by atoms with E-state index < -0.39 is 0 Å². The highest BCUT2D eigenvalue weighted by Crippen LogP contribution is 2.52. The summed E-state index contributed by atoms with van der Waals surface area (Å²) < 4.78 is 0. The average Bonchev–Trinajstić information content (AvgIpc) is 3.40. The van der Waals surface area contributed by atoms with Crippen molar-refractivity contribution in [1.29, 1.82) is 0 Å². The van der Waals surface area contributed by atoms with Crippen molar-refractivity contribution in [3.8, 4) is 11.1 Å². The van der Waals surface area contributed by atoms with Gasteiger partial charge in [-0.25, -0.2) is 0 Å². The fourth-order valence-electron chi connectivity index (χ4n) is 8.88. The van der Waals surface area contributed by atoms with E-state index in [2.05, 4.69) is 183 Å². The van der Waals surface area contributed by atoms with Crippen molar-refractivity contribution < 1.29 is 0 Å². The fraction of sp³-hybridized carbons (Fsp3) is 0.102. The molecule has 0 saturated heterocycles.